The van der Waals surface area contributed by atoms with Gasteiger partial charge in [0.25, 0.3) is 0 Å². The summed E-state index contributed by atoms with van der Waals surface area (Å²) in [4.78, 5) is 14.5. The molecule has 1 fully saturated rings. The van der Waals surface area contributed by atoms with Gasteiger partial charge in [0.05, 0.1) is 11.9 Å². The van der Waals surface area contributed by atoms with Crippen LogP contribution in [0.15, 0.2) is 84.1 Å². The van der Waals surface area contributed by atoms with Gasteiger partial charge < -0.3 is 26.5 Å². The zero-order valence-corrected chi connectivity index (χ0v) is 21.2. The molecule has 0 atom stereocenters. The molecule has 5 heterocycles. The largest absolute Gasteiger partial charge is 0.443 e. The summed E-state index contributed by atoms with van der Waals surface area (Å²) in [6, 6.07) is 16.0. The van der Waals surface area contributed by atoms with E-state index in [2.05, 4.69) is 61.2 Å². The number of hydrogen-bond acceptors (Lipinski definition) is 9. The summed E-state index contributed by atoms with van der Waals surface area (Å²) in [6.07, 6.45) is 10.2. The van der Waals surface area contributed by atoms with Gasteiger partial charge in [-0.25, -0.2) is 15.0 Å². The molecule has 1 aliphatic rings. The molecule has 0 aliphatic carbocycles. The first-order chi connectivity index (χ1) is 18.4. The Hall–Kier alpha value is -4.70. The van der Waals surface area contributed by atoms with Crippen LogP contribution >= 0.6 is 0 Å². The van der Waals surface area contributed by atoms with Crippen molar-refractivity contribution in [2.45, 2.75) is 25.3 Å². The Kier molecular flexibility index (Phi) is 7.05. The van der Waals surface area contributed by atoms with Crippen molar-refractivity contribution in [2.24, 2.45) is 5.73 Å². The number of nitrogens with zero attached hydrogens (tertiary/aromatic N) is 5. The molecule has 1 aliphatic heterocycles. The highest BCUT2D eigenvalue weighted by atomic mass is 16.3. The molecule has 10 nitrogen and oxygen atoms in total. The lowest BCUT2D eigenvalue weighted by atomic mass is 9.90. The van der Waals surface area contributed by atoms with Crippen molar-refractivity contribution in [3.63, 3.8) is 0 Å². The number of hydrogen-bond donors (Lipinski definition) is 4. The molecule has 4 aromatic heterocycles. The molecule has 38 heavy (non-hydrogen) atoms. The van der Waals surface area contributed by atoms with E-state index in [1.165, 1.54) is 12.1 Å². The van der Waals surface area contributed by atoms with Gasteiger partial charge in [0.1, 0.15) is 11.6 Å². The first-order valence-electron chi connectivity index (χ1n) is 12.4. The number of nitrogen functional groups attached to an aromatic ring is 2. The lowest BCUT2D eigenvalue weighted by Gasteiger charge is -2.38. The molecule has 1 saturated heterocycles. The molecule has 194 valence electrons. The van der Waals surface area contributed by atoms with E-state index in [0.717, 1.165) is 53.9 Å². The smallest absolute Gasteiger partial charge is 0.181 e. The fraction of sp³-hybridized carbons (Fsp3) is 0.214. The number of pyridine rings is 2. The summed E-state index contributed by atoms with van der Waals surface area (Å²) in [5.74, 6) is 1.68. The molecule has 0 unspecified atom stereocenters. The predicted octanol–water partition coefficient (Wildman–Crippen LogP) is 4.36. The molecule has 6 rings (SSSR count). The van der Waals surface area contributed by atoms with Gasteiger partial charge in [-0.05, 0) is 61.7 Å². The number of oxazole rings is 1. The SMILES string of the molecule is CC1(N)CCN(c2ccc(-c3cc(-c4cnco4)cnc3N)cc2)CC1.Nc1cc(-c2cc[nH]n2)ccn1. The molecule has 0 radical (unpaired) electrons. The predicted molar refractivity (Wildman–Crippen MR) is 150 cm³/mol. The molecule has 0 bridgehead atoms. The highest BCUT2D eigenvalue weighted by Crippen LogP contribution is 2.32. The van der Waals surface area contributed by atoms with Crippen molar-refractivity contribution in [1.82, 2.24) is 25.1 Å². The van der Waals surface area contributed by atoms with Gasteiger partial charge in [0, 0.05) is 59.6 Å². The van der Waals surface area contributed by atoms with Gasteiger partial charge >= 0.3 is 0 Å². The van der Waals surface area contributed by atoms with E-state index in [1.54, 1.807) is 30.9 Å². The minimum atomic E-state index is -0.0439. The number of piperidine rings is 1. The van der Waals surface area contributed by atoms with E-state index in [4.69, 9.17) is 21.6 Å². The number of aromatic nitrogens is 5. The fourth-order valence-corrected chi connectivity index (χ4v) is 4.36. The lowest BCUT2D eigenvalue weighted by Crippen LogP contribution is -2.48. The minimum absolute atomic E-state index is 0.0439. The minimum Gasteiger partial charge on any atom is -0.443 e. The van der Waals surface area contributed by atoms with Crippen LogP contribution in [0.25, 0.3) is 33.7 Å². The van der Waals surface area contributed by atoms with E-state index in [1.807, 2.05) is 18.2 Å². The highest BCUT2D eigenvalue weighted by molar-refractivity contribution is 5.79. The Labute approximate surface area is 220 Å². The second-order valence-electron chi connectivity index (χ2n) is 9.64. The van der Waals surface area contributed by atoms with Crippen molar-refractivity contribution in [2.75, 3.05) is 29.5 Å². The summed E-state index contributed by atoms with van der Waals surface area (Å²) in [6.45, 7) is 4.10. The zero-order valence-electron chi connectivity index (χ0n) is 21.2. The molecule has 1 aromatic carbocycles. The third kappa shape index (κ3) is 5.81. The number of rotatable bonds is 4. The van der Waals surface area contributed by atoms with Crippen molar-refractivity contribution in [1.29, 1.82) is 0 Å². The van der Waals surface area contributed by atoms with Crippen LogP contribution in [-0.4, -0.2) is 43.8 Å². The molecular formula is C28H31N9O. The number of nitrogens with one attached hydrogen (secondary N) is 1. The van der Waals surface area contributed by atoms with Crippen LogP contribution in [0.4, 0.5) is 17.3 Å². The summed E-state index contributed by atoms with van der Waals surface area (Å²) >= 11 is 0. The zero-order chi connectivity index (χ0) is 26.5. The molecule has 10 heteroatoms. The quantitative estimate of drug-likeness (QED) is 0.276. The number of anilines is 3. The van der Waals surface area contributed by atoms with Crippen LogP contribution in [0.1, 0.15) is 19.8 Å². The van der Waals surface area contributed by atoms with Gasteiger partial charge in [-0.3, -0.25) is 5.10 Å². The summed E-state index contributed by atoms with van der Waals surface area (Å²) < 4.78 is 5.36. The first kappa shape index (κ1) is 25.0. The summed E-state index contributed by atoms with van der Waals surface area (Å²) in [7, 11) is 0. The van der Waals surface area contributed by atoms with E-state index in [9.17, 15) is 0 Å². The topological polar surface area (TPSA) is 162 Å². The van der Waals surface area contributed by atoms with Crippen LogP contribution in [0.5, 0.6) is 0 Å². The number of aromatic amines is 1. The standard InChI is InChI=1S/C20H23N5O.C8H8N4/c1-20(22)6-8-25(9-7-20)16-4-2-14(3-5-16)17-10-15(11-24-19(17)21)18-12-23-13-26-18;9-8-5-6(1-3-10-8)7-2-4-11-12-7/h2-5,10-13H,6-9,22H2,1H3,(H2,21,24);1-5H,(H2,9,10)(H,11,12). The lowest BCUT2D eigenvalue weighted by molar-refractivity contribution is 0.364. The normalized spacial score (nSPS) is 14.5. The van der Waals surface area contributed by atoms with Crippen LogP contribution in [0.2, 0.25) is 0 Å². The molecule has 0 saturated carbocycles. The maximum absolute atomic E-state index is 6.23. The van der Waals surface area contributed by atoms with Crippen molar-refractivity contribution in [3.05, 3.63) is 79.7 Å². The van der Waals surface area contributed by atoms with Gasteiger partial charge in [-0.2, -0.15) is 5.10 Å². The average Bonchev–Trinajstić information content (AvgIpc) is 3.65. The van der Waals surface area contributed by atoms with Gasteiger partial charge in [0.15, 0.2) is 12.2 Å². The summed E-state index contributed by atoms with van der Waals surface area (Å²) in [5.41, 5.74) is 23.6. The summed E-state index contributed by atoms with van der Waals surface area (Å²) in [5, 5.41) is 6.76. The van der Waals surface area contributed by atoms with Crippen LogP contribution in [0.3, 0.4) is 0 Å². The molecule has 0 amide bonds. The van der Waals surface area contributed by atoms with E-state index >= 15 is 0 Å². The maximum Gasteiger partial charge on any atom is 0.181 e. The van der Waals surface area contributed by atoms with E-state index < -0.39 is 0 Å². The molecule has 7 N–H and O–H groups in total. The Bertz CT molecular complexity index is 1450. The first-order valence-corrected chi connectivity index (χ1v) is 12.4. The van der Waals surface area contributed by atoms with Crippen molar-refractivity contribution < 1.29 is 4.42 Å². The average molecular weight is 510 g/mol. The number of H-pyrrole nitrogens is 1. The number of benzene rings is 1. The fourth-order valence-electron chi connectivity index (χ4n) is 4.36. The molecule has 5 aromatic rings. The van der Waals surface area contributed by atoms with Gasteiger partial charge in [-0.1, -0.05) is 12.1 Å². The second kappa shape index (κ2) is 10.7. The Morgan fingerprint density at radius 1 is 0.921 bits per heavy atom. The van der Waals surface area contributed by atoms with Crippen LogP contribution < -0.4 is 22.1 Å². The highest BCUT2D eigenvalue weighted by Gasteiger charge is 2.25. The maximum atomic E-state index is 6.23. The second-order valence-corrected chi connectivity index (χ2v) is 9.64. The Morgan fingerprint density at radius 3 is 2.37 bits per heavy atom. The monoisotopic (exact) mass is 509 g/mol. The van der Waals surface area contributed by atoms with Crippen LogP contribution in [0, 0.1) is 0 Å². The molecule has 0 spiro atoms. The Morgan fingerprint density at radius 2 is 1.71 bits per heavy atom. The van der Waals surface area contributed by atoms with Crippen LogP contribution in [-0.2, 0) is 0 Å². The molecular weight excluding hydrogens is 478 g/mol. The van der Waals surface area contributed by atoms with Crippen molar-refractivity contribution >= 4 is 17.3 Å². The van der Waals surface area contributed by atoms with E-state index in [0.29, 0.717) is 17.4 Å². The third-order valence-corrected chi connectivity index (χ3v) is 6.66. The van der Waals surface area contributed by atoms with Gasteiger partial charge in [-0.15, -0.1) is 0 Å². The number of nitrogens with two attached hydrogens (primary N) is 3. The van der Waals surface area contributed by atoms with Gasteiger partial charge in [0.2, 0.25) is 0 Å². The third-order valence-electron chi connectivity index (χ3n) is 6.66. The van der Waals surface area contributed by atoms with E-state index in [-0.39, 0.29) is 5.54 Å². The Balaban J connectivity index is 0.000000204. The van der Waals surface area contributed by atoms with Crippen molar-refractivity contribution in [3.8, 4) is 33.7 Å².